The number of aromatic carboxylic acids is 1. The van der Waals surface area contributed by atoms with Gasteiger partial charge in [-0.2, -0.15) is 0 Å². The molecule has 0 aliphatic rings. The molecule has 0 aliphatic heterocycles. The predicted molar refractivity (Wildman–Crippen MR) is 64.6 cm³/mol. The van der Waals surface area contributed by atoms with Crippen LogP contribution in [0.1, 0.15) is 16.2 Å². The van der Waals surface area contributed by atoms with Crippen molar-refractivity contribution in [3.05, 3.63) is 48.0 Å². The molecule has 0 aliphatic carbocycles. The SMILES string of the molecule is Cc1ccc(-c2nc(C(=O)O)c3ccccn23)o1. The van der Waals surface area contributed by atoms with Crippen molar-refractivity contribution in [2.45, 2.75) is 6.92 Å². The minimum atomic E-state index is -1.05. The van der Waals surface area contributed by atoms with Gasteiger partial charge in [-0.05, 0) is 31.2 Å². The number of fused-ring (bicyclic) bond motifs is 1. The minimum Gasteiger partial charge on any atom is -0.476 e. The fourth-order valence-corrected chi connectivity index (χ4v) is 1.92. The number of rotatable bonds is 2. The number of hydrogen-bond acceptors (Lipinski definition) is 3. The molecule has 3 rings (SSSR count). The molecule has 3 aromatic heterocycles. The van der Waals surface area contributed by atoms with Crippen LogP contribution in [0.5, 0.6) is 0 Å². The first-order chi connectivity index (χ1) is 8.66. The van der Waals surface area contributed by atoms with Crippen LogP contribution in [-0.4, -0.2) is 20.5 Å². The van der Waals surface area contributed by atoms with Gasteiger partial charge in [0.2, 0.25) is 0 Å². The summed E-state index contributed by atoms with van der Waals surface area (Å²) in [6.45, 7) is 1.83. The first-order valence-corrected chi connectivity index (χ1v) is 5.44. The molecule has 5 heteroatoms. The summed E-state index contributed by atoms with van der Waals surface area (Å²) in [7, 11) is 0. The summed E-state index contributed by atoms with van der Waals surface area (Å²) in [5.41, 5.74) is 0.578. The van der Waals surface area contributed by atoms with Crippen molar-refractivity contribution < 1.29 is 14.3 Å². The Labute approximate surface area is 102 Å². The second-order valence-electron chi connectivity index (χ2n) is 3.96. The molecule has 18 heavy (non-hydrogen) atoms. The molecule has 0 fully saturated rings. The van der Waals surface area contributed by atoms with Crippen LogP contribution in [0.2, 0.25) is 0 Å². The van der Waals surface area contributed by atoms with Crippen LogP contribution >= 0.6 is 0 Å². The van der Waals surface area contributed by atoms with Crippen molar-refractivity contribution in [1.82, 2.24) is 9.38 Å². The Balaban J connectivity index is 2.33. The fraction of sp³-hybridized carbons (Fsp3) is 0.0769. The van der Waals surface area contributed by atoms with E-state index in [0.717, 1.165) is 5.76 Å². The Morgan fingerprint density at radius 3 is 2.83 bits per heavy atom. The molecule has 0 saturated heterocycles. The van der Waals surface area contributed by atoms with E-state index in [4.69, 9.17) is 9.52 Å². The lowest BCUT2D eigenvalue weighted by Crippen LogP contribution is -1.96. The Kier molecular flexibility index (Phi) is 2.19. The van der Waals surface area contributed by atoms with E-state index in [1.165, 1.54) is 0 Å². The van der Waals surface area contributed by atoms with Gasteiger partial charge >= 0.3 is 5.97 Å². The number of nitrogens with zero attached hydrogens (tertiary/aromatic N) is 2. The van der Waals surface area contributed by atoms with Crippen molar-refractivity contribution >= 4 is 11.5 Å². The summed E-state index contributed by atoms with van der Waals surface area (Å²) < 4.78 is 7.20. The average Bonchev–Trinajstić information content (AvgIpc) is 2.92. The van der Waals surface area contributed by atoms with E-state index in [1.807, 2.05) is 19.1 Å². The highest BCUT2D eigenvalue weighted by atomic mass is 16.4. The maximum Gasteiger partial charge on any atom is 0.356 e. The van der Waals surface area contributed by atoms with Crippen LogP contribution in [0.3, 0.4) is 0 Å². The highest BCUT2D eigenvalue weighted by molar-refractivity contribution is 5.94. The third kappa shape index (κ3) is 1.48. The second kappa shape index (κ2) is 3.73. The number of imidazole rings is 1. The van der Waals surface area contributed by atoms with Crippen molar-refractivity contribution in [3.8, 4) is 11.6 Å². The zero-order valence-electron chi connectivity index (χ0n) is 9.62. The summed E-state index contributed by atoms with van der Waals surface area (Å²) in [4.78, 5) is 15.3. The first-order valence-electron chi connectivity index (χ1n) is 5.44. The zero-order valence-corrected chi connectivity index (χ0v) is 9.62. The zero-order chi connectivity index (χ0) is 12.7. The van der Waals surface area contributed by atoms with Crippen LogP contribution in [0.15, 0.2) is 40.9 Å². The first kappa shape index (κ1) is 10.6. The monoisotopic (exact) mass is 242 g/mol. The van der Waals surface area contributed by atoms with Gasteiger partial charge in [-0.1, -0.05) is 6.07 Å². The van der Waals surface area contributed by atoms with Gasteiger partial charge in [0, 0.05) is 6.20 Å². The summed E-state index contributed by atoms with van der Waals surface area (Å²) >= 11 is 0. The summed E-state index contributed by atoms with van der Waals surface area (Å²) in [5, 5.41) is 9.14. The molecular formula is C13H10N2O3. The second-order valence-corrected chi connectivity index (χ2v) is 3.96. The Hall–Kier alpha value is -2.56. The lowest BCUT2D eigenvalue weighted by atomic mass is 10.3. The van der Waals surface area contributed by atoms with Gasteiger partial charge in [-0.3, -0.25) is 4.40 Å². The van der Waals surface area contributed by atoms with E-state index < -0.39 is 5.97 Å². The maximum atomic E-state index is 11.2. The van der Waals surface area contributed by atoms with Gasteiger partial charge in [0.1, 0.15) is 5.76 Å². The van der Waals surface area contributed by atoms with Crippen molar-refractivity contribution in [1.29, 1.82) is 0 Å². The molecule has 90 valence electrons. The third-order valence-corrected chi connectivity index (χ3v) is 2.71. The summed E-state index contributed by atoms with van der Waals surface area (Å²) in [6, 6.07) is 8.92. The lowest BCUT2D eigenvalue weighted by Gasteiger charge is -1.96. The predicted octanol–water partition coefficient (Wildman–Crippen LogP) is 2.60. The molecule has 0 aromatic carbocycles. The van der Waals surface area contributed by atoms with E-state index in [1.54, 1.807) is 28.8 Å². The number of pyridine rings is 1. The van der Waals surface area contributed by atoms with E-state index in [0.29, 0.717) is 17.1 Å². The van der Waals surface area contributed by atoms with Gasteiger partial charge < -0.3 is 9.52 Å². The average molecular weight is 242 g/mol. The van der Waals surface area contributed by atoms with Crippen LogP contribution in [0, 0.1) is 6.92 Å². The number of aryl methyl sites for hydroxylation is 1. The molecule has 1 N–H and O–H groups in total. The smallest absolute Gasteiger partial charge is 0.356 e. The number of furan rings is 1. The topological polar surface area (TPSA) is 67.7 Å². The van der Waals surface area contributed by atoms with Gasteiger partial charge in [-0.15, -0.1) is 0 Å². The van der Waals surface area contributed by atoms with E-state index in [9.17, 15) is 4.79 Å². The van der Waals surface area contributed by atoms with Crippen molar-refractivity contribution in [2.75, 3.05) is 0 Å². The molecule has 0 bridgehead atoms. The third-order valence-electron chi connectivity index (χ3n) is 2.71. The number of hydrogen-bond donors (Lipinski definition) is 1. The molecule has 0 spiro atoms. The van der Waals surface area contributed by atoms with Gasteiger partial charge in [0.15, 0.2) is 17.3 Å². The molecule has 3 aromatic rings. The molecule has 0 radical (unpaired) electrons. The molecule has 5 nitrogen and oxygen atoms in total. The van der Waals surface area contributed by atoms with E-state index >= 15 is 0 Å². The lowest BCUT2D eigenvalue weighted by molar-refractivity contribution is 0.0693. The largest absolute Gasteiger partial charge is 0.476 e. The Morgan fingerprint density at radius 2 is 2.17 bits per heavy atom. The number of aromatic nitrogens is 2. The van der Waals surface area contributed by atoms with Crippen LogP contribution < -0.4 is 0 Å². The molecular weight excluding hydrogens is 232 g/mol. The fourth-order valence-electron chi connectivity index (χ4n) is 1.92. The molecule has 3 heterocycles. The van der Waals surface area contributed by atoms with Crippen LogP contribution in [0.25, 0.3) is 17.1 Å². The highest BCUT2D eigenvalue weighted by Gasteiger charge is 2.18. The van der Waals surface area contributed by atoms with E-state index in [-0.39, 0.29) is 5.69 Å². The molecule has 0 amide bonds. The Morgan fingerprint density at radius 1 is 1.33 bits per heavy atom. The van der Waals surface area contributed by atoms with Gasteiger partial charge in [-0.25, -0.2) is 9.78 Å². The number of carboxylic acid groups (broad SMARTS) is 1. The van der Waals surface area contributed by atoms with Crippen molar-refractivity contribution in [3.63, 3.8) is 0 Å². The summed E-state index contributed by atoms with van der Waals surface area (Å²) in [6.07, 6.45) is 1.77. The van der Waals surface area contributed by atoms with E-state index in [2.05, 4.69) is 4.98 Å². The minimum absolute atomic E-state index is 0.0275. The van der Waals surface area contributed by atoms with Gasteiger partial charge in [0.25, 0.3) is 0 Å². The quantitative estimate of drug-likeness (QED) is 0.750. The van der Waals surface area contributed by atoms with Crippen LogP contribution in [-0.2, 0) is 0 Å². The Bertz CT molecular complexity index is 740. The molecule has 0 saturated carbocycles. The normalized spacial score (nSPS) is 10.9. The standard InChI is InChI=1S/C13H10N2O3/c1-8-5-6-10(18-8)12-14-11(13(16)17)9-4-2-3-7-15(9)12/h2-7H,1H3,(H,16,17). The number of carboxylic acids is 1. The van der Waals surface area contributed by atoms with Crippen molar-refractivity contribution in [2.24, 2.45) is 0 Å². The maximum absolute atomic E-state index is 11.2. The highest BCUT2D eigenvalue weighted by Crippen LogP contribution is 2.24. The van der Waals surface area contributed by atoms with Crippen LogP contribution in [0.4, 0.5) is 0 Å². The molecule has 0 atom stereocenters. The number of carbonyl (C=O) groups is 1. The van der Waals surface area contributed by atoms with Gasteiger partial charge in [0.05, 0.1) is 5.52 Å². The molecule has 0 unspecified atom stereocenters. The summed E-state index contributed by atoms with van der Waals surface area (Å²) in [5.74, 6) is 0.764.